The molecule has 0 amide bonds. The first kappa shape index (κ1) is 14.4. The van der Waals surface area contributed by atoms with Crippen molar-refractivity contribution in [3.63, 3.8) is 0 Å². The van der Waals surface area contributed by atoms with Crippen LogP contribution < -0.4 is 14.9 Å². The number of rotatable bonds is 5. The van der Waals surface area contributed by atoms with Crippen LogP contribution in [0.25, 0.3) is 0 Å². The molecule has 0 aliphatic carbocycles. The summed E-state index contributed by atoms with van der Waals surface area (Å²) in [7, 11) is -0.151. The number of methoxy groups -OCH3 is 1. The number of hydrogen-bond acceptors (Lipinski definition) is 4. The summed E-state index contributed by atoms with van der Waals surface area (Å²) in [5, 5.41) is 18.1. The zero-order chi connectivity index (χ0) is 14.5. The van der Waals surface area contributed by atoms with Gasteiger partial charge in [-0.2, -0.15) is 0 Å². The maximum atomic E-state index is 13.3. The van der Waals surface area contributed by atoms with Gasteiger partial charge in [-0.1, -0.05) is 12.1 Å². The van der Waals surface area contributed by atoms with Gasteiger partial charge in [-0.25, -0.2) is 4.39 Å². The van der Waals surface area contributed by atoms with Gasteiger partial charge in [0.1, 0.15) is 23.9 Å². The molecule has 0 bridgehead atoms. The summed E-state index contributed by atoms with van der Waals surface area (Å²) < 4.78 is 23.9. The summed E-state index contributed by atoms with van der Waals surface area (Å²) >= 11 is 0. The molecule has 2 rings (SSSR count). The highest BCUT2D eigenvalue weighted by Crippen LogP contribution is 2.19. The lowest BCUT2D eigenvalue weighted by Gasteiger charge is -2.09. The summed E-state index contributed by atoms with van der Waals surface area (Å²) in [6, 6.07) is 10.9. The largest absolute Gasteiger partial charge is 0.497 e. The predicted octanol–water partition coefficient (Wildman–Crippen LogP) is 1.09. The van der Waals surface area contributed by atoms with E-state index in [0.717, 1.165) is 6.07 Å². The fourth-order valence-corrected chi connectivity index (χ4v) is 1.77. The highest BCUT2D eigenvalue weighted by atomic mass is 19.1. The van der Waals surface area contributed by atoms with Crippen molar-refractivity contribution in [2.75, 3.05) is 7.11 Å². The fraction of sp³-hybridized carbons (Fsp3) is 0.143. The van der Waals surface area contributed by atoms with Gasteiger partial charge in [-0.05, 0) is 35.3 Å². The normalized spacial score (nSPS) is 10.2. The Morgan fingerprint density at radius 2 is 1.85 bits per heavy atom. The fourth-order valence-electron chi connectivity index (χ4n) is 1.77. The zero-order valence-electron chi connectivity index (χ0n) is 10.9. The summed E-state index contributed by atoms with van der Waals surface area (Å²) in [5.41, 5.74) is 0.602. The van der Waals surface area contributed by atoms with Crippen molar-refractivity contribution in [3.8, 4) is 11.5 Å². The van der Waals surface area contributed by atoms with Gasteiger partial charge in [0.05, 0.1) is 7.11 Å². The van der Waals surface area contributed by atoms with E-state index in [1.54, 1.807) is 31.4 Å². The Balaban J connectivity index is 2.10. The van der Waals surface area contributed by atoms with Crippen molar-refractivity contribution in [1.82, 2.24) is 0 Å². The molecule has 20 heavy (non-hydrogen) atoms. The summed E-state index contributed by atoms with van der Waals surface area (Å²) in [4.78, 5) is 0. The second-order valence-electron chi connectivity index (χ2n) is 4.23. The number of ether oxygens (including phenoxy) is 2. The highest BCUT2D eigenvalue weighted by Gasteiger charge is 2.13. The molecule has 104 valence electrons. The van der Waals surface area contributed by atoms with Gasteiger partial charge in [0.15, 0.2) is 0 Å². The molecule has 0 fully saturated rings. The summed E-state index contributed by atoms with van der Waals surface area (Å²) in [6.07, 6.45) is 0. The van der Waals surface area contributed by atoms with E-state index in [2.05, 4.69) is 0 Å². The van der Waals surface area contributed by atoms with Crippen LogP contribution in [0.5, 0.6) is 11.5 Å². The lowest BCUT2D eigenvalue weighted by molar-refractivity contribution is 0.303. The van der Waals surface area contributed by atoms with Crippen LogP contribution >= 0.6 is 0 Å². The molecule has 0 aliphatic rings. The van der Waals surface area contributed by atoms with Crippen LogP contribution in [0.1, 0.15) is 5.56 Å². The van der Waals surface area contributed by atoms with Crippen LogP contribution in [0.3, 0.4) is 0 Å². The van der Waals surface area contributed by atoms with Crippen molar-refractivity contribution >= 4 is 12.6 Å². The van der Waals surface area contributed by atoms with E-state index < -0.39 is 12.9 Å². The monoisotopic (exact) mass is 276 g/mol. The van der Waals surface area contributed by atoms with Gasteiger partial charge in [-0.3, -0.25) is 0 Å². The third-order valence-corrected chi connectivity index (χ3v) is 2.72. The molecule has 0 aliphatic heterocycles. The molecule has 0 spiro atoms. The van der Waals surface area contributed by atoms with Gasteiger partial charge < -0.3 is 19.5 Å². The SMILES string of the molecule is COc1cccc(OCc2cc(F)cc(B(O)O)c2)c1. The molecule has 4 nitrogen and oxygen atoms in total. The Labute approximate surface area is 116 Å². The van der Waals surface area contributed by atoms with Crippen LogP contribution in [0.15, 0.2) is 42.5 Å². The standard InChI is InChI=1S/C14H14BFO4/c1-19-13-3-2-4-14(8-13)20-9-10-5-11(15(17)18)7-12(16)6-10/h2-8,17-18H,9H2,1H3. The Morgan fingerprint density at radius 1 is 1.10 bits per heavy atom. The molecule has 2 N–H and O–H groups in total. The molecule has 0 saturated heterocycles. The lowest BCUT2D eigenvalue weighted by Crippen LogP contribution is -2.30. The van der Waals surface area contributed by atoms with E-state index in [-0.39, 0.29) is 12.1 Å². The second kappa shape index (κ2) is 6.41. The first-order valence-corrected chi connectivity index (χ1v) is 6.01. The van der Waals surface area contributed by atoms with Crippen molar-refractivity contribution in [2.24, 2.45) is 0 Å². The third-order valence-electron chi connectivity index (χ3n) is 2.72. The highest BCUT2D eigenvalue weighted by molar-refractivity contribution is 6.58. The van der Waals surface area contributed by atoms with Crippen LogP contribution in [0.2, 0.25) is 0 Å². The average Bonchev–Trinajstić information content (AvgIpc) is 2.44. The molecule has 0 heterocycles. The lowest BCUT2D eigenvalue weighted by atomic mass is 9.79. The molecule has 0 radical (unpaired) electrons. The maximum absolute atomic E-state index is 13.3. The van der Waals surface area contributed by atoms with Crippen LogP contribution in [0, 0.1) is 5.82 Å². The molecule has 0 atom stereocenters. The van der Waals surface area contributed by atoms with Gasteiger partial charge in [0.25, 0.3) is 0 Å². The maximum Gasteiger partial charge on any atom is 0.488 e. The summed E-state index contributed by atoms with van der Waals surface area (Å²) in [5.74, 6) is 0.702. The molecule has 0 saturated carbocycles. The van der Waals surface area contributed by atoms with Gasteiger partial charge in [-0.15, -0.1) is 0 Å². The smallest absolute Gasteiger partial charge is 0.488 e. The second-order valence-corrected chi connectivity index (χ2v) is 4.23. The van der Waals surface area contributed by atoms with Crippen molar-refractivity contribution in [1.29, 1.82) is 0 Å². The Hall–Kier alpha value is -2.05. The molecule has 0 unspecified atom stereocenters. The Bertz CT molecular complexity index is 589. The minimum absolute atomic E-state index is 0.0919. The van der Waals surface area contributed by atoms with E-state index in [1.165, 1.54) is 12.1 Å². The molecule has 0 aromatic heterocycles. The molecular weight excluding hydrogens is 262 g/mol. The van der Waals surface area contributed by atoms with Crippen LogP contribution in [0.4, 0.5) is 4.39 Å². The first-order chi connectivity index (χ1) is 9.58. The molecule has 2 aromatic carbocycles. The van der Waals surface area contributed by atoms with E-state index in [4.69, 9.17) is 19.5 Å². The first-order valence-electron chi connectivity index (χ1n) is 6.01. The third kappa shape index (κ3) is 3.72. The van der Waals surface area contributed by atoms with E-state index >= 15 is 0 Å². The van der Waals surface area contributed by atoms with Gasteiger partial charge in [0, 0.05) is 6.07 Å². The van der Waals surface area contributed by atoms with Crippen LogP contribution in [-0.4, -0.2) is 24.3 Å². The number of benzene rings is 2. The topological polar surface area (TPSA) is 58.9 Å². The Kier molecular flexibility index (Phi) is 4.60. The minimum Gasteiger partial charge on any atom is -0.497 e. The predicted molar refractivity (Wildman–Crippen MR) is 73.6 cm³/mol. The van der Waals surface area contributed by atoms with Crippen molar-refractivity contribution < 1.29 is 23.9 Å². The van der Waals surface area contributed by atoms with E-state index in [1.807, 2.05) is 0 Å². The number of hydrogen-bond donors (Lipinski definition) is 2. The van der Waals surface area contributed by atoms with Gasteiger partial charge in [0.2, 0.25) is 0 Å². The zero-order valence-corrected chi connectivity index (χ0v) is 10.9. The number of halogens is 1. The average molecular weight is 276 g/mol. The summed E-state index contributed by atoms with van der Waals surface area (Å²) in [6.45, 7) is 0.116. The van der Waals surface area contributed by atoms with Crippen molar-refractivity contribution in [3.05, 3.63) is 53.8 Å². The minimum atomic E-state index is -1.71. The molecular formula is C14H14BFO4. The molecule has 2 aromatic rings. The van der Waals surface area contributed by atoms with Crippen molar-refractivity contribution in [2.45, 2.75) is 6.61 Å². The van der Waals surface area contributed by atoms with E-state index in [9.17, 15) is 4.39 Å². The van der Waals surface area contributed by atoms with Crippen LogP contribution in [-0.2, 0) is 6.61 Å². The molecule has 6 heteroatoms. The van der Waals surface area contributed by atoms with E-state index in [0.29, 0.717) is 17.1 Å². The van der Waals surface area contributed by atoms with Gasteiger partial charge >= 0.3 is 7.12 Å². The Morgan fingerprint density at radius 3 is 2.55 bits per heavy atom. The quantitative estimate of drug-likeness (QED) is 0.803.